The van der Waals surface area contributed by atoms with E-state index >= 15 is 0 Å². The van der Waals surface area contributed by atoms with E-state index in [1.165, 1.54) is 14.2 Å². The van der Waals surface area contributed by atoms with Gasteiger partial charge >= 0.3 is 6.09 Å². The number of azide groups is 1. The van der Waals surface area contributed by atoms with Crippen LogP contribution >= 0.6 is 0 Å². The van der Waals surface area contributed by atoms with E-state index < -0.39 is 11.6 Å². The number of hydroxylamine groups is 2. The fraction of sp³-hybridized carbons (Fsp3) is 0.867. The minimum atomic E-state index is -0.793. The molecular weight excluding hydrogens is 314 g/mol. The quantitative estimate of drug-likeness (QED) is 0.331. The summed E-state index contributed by atoms with van der Waals surface area (Å²) in [5, 5.41) is 4.66. The highest BCUT2D eigenvalue weighted by molar-refractivity contribution is 5.80. The van der Waals surface area contributed by atoms with Crippen molar-refractivity contribution in [1.29, 1.82) is 0 Å². The average molecular weight is 341 g/mol. The van der Waals surface area contributed by atoms with Gasteiger partial charge in [0.25, 0.3) is 5.91 Å². The van der Waals surface area contributed by atoms with E-state index in [9.17, 15) is 9.59 Å². The molecule has 1 saturated heterocycles. The molecule has 0 aromatic carbocycles. The van der Waals surface area contributed by atoms with Crippen LogP contribution in [-0.4, -0.2) is 60.9 Å². The zero-order valence-electron chi connectivity index (χ0n) is 15.1. The fourth-order valence-electron chi connectivity index (χ4n) is 2.55. The molecule has 1 aliphatic heterocycles. The van der Waals surface area contributed by atoms with Crippen molar-refractivity contribution in [2.24, 2.45) is 11.0 Å². The molecule has 9 nitrogen and oxygen atoms in total. The average Bonchev–Trinajstić information content (AvgIpc) is 2.52. The molecule has 1 heterocycles. The molecule has 0 radical (unpaired) electrons. The number of rotatable bonds is 5. The molecule has 0 aromatic rings. The second kappa shape index (κ2) is 8.75. The molecule has 1 aliphatic rings. The third kappa shape index (κ3) is 6.25. The lowest BCUT2D eigenvalue weighted by Crippen LogP contribution is -2.43. The smallest absolute Gasteiger partial charge is 0.410 e. The van der Waals surface area contributed by atoms with E-state index in [1.807, 2.05) is 20.8 Å². The van der Waals surface area contributed by atoms with Crippen LogP contribution in [0.25, 0.3) is 10.4 Å². The Morgan fingerprint density at radius 3 is 2.42 bits per heavy atom. The Bertz CT molecular complexity index is 491. The van der Waals surface area contributed by atoms with Crippen LogP contribution in [0.1, 0.15) is 40.0 Å². The van der Waals surface area contributed by atoms with Crippen molar-refractivity contribution < 1.29 is 19.2 Å². The van der Waals surface area contributed by atoms with Gasteiger partial charge in [-0.1, -0.05) is 5.11 Å². The number of carbonyl (C=O) groups excluding carboxylic acids is 2. The van der Waals surface area contributed by atoms with Gasteiger partial charge in [0, 0.05) is 25.0 Å². The highest BCUT2D eigenvalue weighted by Crippen LogP contribution is 2.25. The van der Waals surface area contributed by atoms with E-state index in [1.54, 1.807) is 4.90 Å². The molecule has 0 spiro atoms. The van der Waals surface area contributed by atoms with E-state index in [0.717, 1.165) is 17.9 Å². The fourth-order valence-corrected chi connectivity index (χ4v) is 2.55. The first-order chi connectivity index (χ1) is 11.2. The Kier molecular flexibility index (Phi) is 7.31. The van der Waals surface area contributed by atoms with Gasteiger partial charge in [-0.3, -0.25) is 9.63 Å². The monoisotopic (exact) mass is 341 g/mol. The van der Waals surface area contributed by atoms with Crippen molar-refractivity contribution in [1.82, 2.24) is 9.96 Å². The summed E-state index contributed by atoms with van der Waals surface area (Å²) in [7, 11) is 2.86. The van der Waals surface area contributed by atoms with Crippen LogP contribution in [0.5, 0.6) is 0 Å². The number of hydrogen-bond acceptors (Lipinski definition) is 5. The molecule has 1 atom stereocenters. The Morgan fingerprint density at radius 2 is 1.96 bits per heavy atom. The first-order valence-corrected chi connectivity index (χ1v) is 8.01. The summed E-state index contributed by atoms with van der Waals surface area (Å²) in [6.07, 6.45) is 1.60. The van der Waals surface area contributed by atoms with E-state index in [-0.39, 0.29) is 17.9 Å². The van der Waals surface area contributed by atoms with E-state index in [4.69, 9.17) is 15.1 Å². The zero-order chi connectivity index (χ0) is 18.3. The number of likely N-dealkylation sites (tertiary alicyclic amines) is 1. The number of hydrogen-bond donors (Lipinski definition) is 0. The maximum Gasteiger partial charge on any atom is 0.410 e. The van der Waals surface area contributed by atoms with Gasteiger partial charge < -0.3 is 9.64 Å². The van der Waals surface area contributed by atoms with Crippen molar-refractivity contribution in [2.45, 2.75) is 51.7 Å². The number of piperidine rings is 1. The topological polar surface area (TPSA) is 108 Å². The summed E-state index contributed by atoms with van der Waals surface area (Å²) in [5.74, 6) is -0.168. The van der Waals surface area contributed by atoms with Crippen molar-refractivity contribution >= 4 is 12.0 Å². The van der Waals surface area contributed by atoms with Crippen LogP contribution in [0.4, 0.5) is 4.79 Å². The molecule has 0 bridgehead atoms. The highest BCUT2D eigenvalue weighted by Gasteiger charge is 2.30. The largest absolute Gasteiger partial charge is 0.444 e. The van der Waals surface area contributed by atoms with Crippen molar-refractivity contribution in [2.75, 3.05) is 27.2 Å². The predicted molar refractivity (Wildman–Crippen MR) is 87.9 cm³/mol. The summed E-state index contributed by atoms with van der Waals surface area (Å²) in [6.45, 7) is 6.63. The summed E-state index contributed by atoms with van der Waals surface area (Å²) >= 11 is 0. The van der Waals surface area contributed by atoms with Crippen LogP contribution in [-0.2, 0) is 14.4 Å². The Hall–Kier alpha value is -1.99. The number of amides is 2. The van der Waals surface area contributed by atoms with Gasteiger partial charge in [-0.05, 0) is 51.5 Å². The van der Waals surface area contributed by atoms with E-state index in [0.29, 0.717) is 19.5 Å². The normalized spacial score (nSPS) is 17.0. The molecule has 1 fully saturated rings. The predicted octanol–water partition coefficient (Wildman–Crippen LogP) is 2.72. The van der Waals surface area contributed by atoms with Crippen LogP contribution in [0.15, 0.2) is 5.11 Å². The summed E-state index contributed by atoms with van der Waals surface area (Å²) < 4.78 is 5.36. The number of likely N-dealkylation sites (N-methyl/N-ethyl adjacent to an activating group) is 1. The maximum atomic E-state index is 12.1. The van der Waals surface area contributed by atoms with Gasteiger partial charge in [-0.15, -0.1) is 0 Å². The highest BCUT2D eigenvalue weighted by atomic mass is 16.7. The first kappa shape index (κ1) is 20.1. The molecule has 0 aliphatic carbocycles. The Balaban J connectivity index is 2.56. The van der Waals surface area contributed by atoms with Crippen molar-refractivity contribution in [3.05, 3.63) is 10.4 Å². The lowest BCUT2D eigenvalue weighted by atomic mass is 9.90. The van der Waals surface area contributed by atoms with Crippen molar-refractivity contribution in [3.63, 3.8) is 0 Å². The Labute approximate surface area is 142 Å². The van der Waals surface area contributed by atoms with Crippen LogP contribution in [0.3, 0.4) is 0 Å². The van der Waals surface area contributed by atoms with E-state index in [2.05, 4.69) is 10.0 Å². The molecule has 1 rings (SSSR count). The molecule has 0 N–H and O–H groups in total. The second-order valence-electron chi connectivity index (χ2n) is 6.89. The second-order valence-corrected chi connectivity index (χ2v) is 6.89. The molecule has 9 heteroatoms. The van der Waals surface area contributed by atoms with Gasteiger partial charge in [-0.25, -0.2) is 9.86 Å². The summed E-state index contributed by atoms with van der Waals surface area (Å²) in [4.78, 5) is 33.4. The molecule has 0 unspecified atom stereocenters. The standard InChI is InChI=1S/C15H27N5O4/c1-15(2,3)24-14(22)20-8-6-11(7-9-20)10-12(17-18-16)13(21)19(4)23-5/h11-12H,6-10H2,1-5H3/t12-/m0/s1. The minimum absolute atomic E-state index is 0.202. The molecule has 0 saturated carbocycles. The summed E-state index contributed by atoms with van der Waals surface area (Å²) in [6, 6.07) is -0.793. The van der Waals surface area contributed by atoms with Crippen LogP contribution < -0.4 is 0 Å². The number of ether oxygens (including phenoxy) is 1. The lowest BCUT2D eigenvalue weighted by Gasteiger charge is -2.34. The SMILES string of the molecule is CON(C)C(=O)[C@H](CC1CCN(C(=O)OC(C)(C)C)CC1)N=[N+]=[N-]. The van der Waals surface area contributed by atoms with Gasteiger partial charge in [0.1, 0.15) is 11.6 Å². The molecule has 2 amide bonds. The lowest BCUT2D eigenvalue weighted by molar-refractivity contribution is -0.170. The molecule has 0 aromatic heterocycles. The van der Waals surface area contributed by atoms with Gasteiger partial charge in [0.2, 0.25) is 0 Å². The first-order valence-electron chi connectivity index (χ1n) is 8.01. The third-order valence-corrected chi connectivity index (χ3v) is 3.88. The van der Waals surface area contributed by atoms with Crippen LogP contribution in [0, 0.1) is 5.92 Å². The third-order valence-electron chi connectivity index (χ3n) is 3.88. The minimum Gasteiger partial charge on any atom is -0.444 e. The van der Waals surface area contributed by atoms with Gasteiger partial charge in [0.05, 0.1) is 7.11 Å². The maximum absolute atomic E-state index is 12.1. The molecule has 136 valence electrons. The van der Waals surface area contributed by atoms with Crippen LogP contribution in [0.2, 0.25) is 0 Å². The van der Waals surface area contributed by atoms with Gasteiger partial charge in [-0.2, -0.15) is 0 Å². The van der Waals surface area contributed by atoms with Crippen molar-refractivity contribution in [3.8, 4) is 0 Å². The zero-order valence-corrected chi connectivity index (χ0v) is 15.1. The summed E-state index contributed by atoms with van der Waals surface area (Å²) in [5.41, 5.74) is 8.15. The number of carbonyl (C=O) groups is 2. The number of nitrogens with zero attached hydrogens (tertiary/aromatic N) is 5. The Morgan fingerprint density at radius 1 is 1.38 bits per heavy atom. The molecular formula is C15H27N5O4. The molecule has 24 heavy (non-hydrogen) atoms. The van der Waals surface area contributed by atoms with Gasteiger partial charge in [0.15, 0.2) is 0 Å².